The molecule has 0 saturated carbocycles. The maximum absolute atomic E-state index is 2.70. The molecule has 2 nitrogen and oxygen atoms in total. The Morgan fingerprint density at radius 1 is 0.522 bits per heavy atom. The second kappa shape index (κ2) is 13.8. The van der Waals surface area contributed by atoms with Gasteiger partial charge in [0.2, 0.25) is 0 Å². The predicted molar refractivity (Wildman–Crippen MR) is 206 cm³/mol. The van der Waals surface area contributed by atoms with Crippen LogP contribution >= 0.6 is 22.7 Å². The van der Waals surface area contributed by atoms with Crippen molar-refractivity contribution in [1.82, 2.24) is 9.13 Å². The Morgan fingerprint density at radius 3 is 1.30 bits per heavy atom. The molecule has 2 atom stereocenters. The number of aromatic nitrogens is 2. The summed E-state index contributed by atoms with van der Waals surface area (Å²) in [7, 11) is 0. The lowest BCUT2D eigenvalue weighted by Gasteiger charge is -2.18. The van der Waals surface area contributed by atoms with Crippen molar-refractivity contribution < 1.29 is 0 Å². The average molecular weight is 645 g/mol. The van der Waals surface area contributed by atoms with E-state index >= 15 is 0 Å². The first-order chi connectivity index (χ1) is 22.6. The van der Waals surface area contributed by atoms with Gasteiger partial charge in [-0.25, -0.2) is 0 Å². The highest BCUT2D eigenvalue weighted by atomic mass is 32.1. The van der Waals surface area contributed by atoms with Crippen molar-refractivity contribution in [2.45, 2.75) is 92.2 Å². The second-order valence-electron chi connectivity index (χ2n) is 13.3. The molecule has 0 radical (unpaired) electrons. The van der Waals surface area contributed by atoms with Gasteiger partial charge in [-0.05, 0) is 60.1 Å². The Bertz CT molecular complexity index is 1900. The normalized spacial score (nSPS) is 13.5. The second-order valence-corrected chi connectivity index (χ2v) is 15.4. The van der Waals surface area contributed by atoms with Gasteiger partial charge >= 0.3 is 0 Å². The molecule has 4 aromatic heterocycles. The summed E-state index contributed by atoms with van der Waals surface area (Å²) in [5.41, 5.74) is 8.29. The SMILES string of the molecule is CCCCC(CC)Cn1c2cc3c4sc(-c5ccccc5)cc4n(CC(CC)CCCC)c3cc2c2sc(-c3ccccc3)cc21. The van der Waals surface area contributed by atoms with Gasteiger partial charge in [0.1, 0.15) is 0 Å². The van der Waals surface area contributed by atoms with Crippen LogP contribution in [0.15, 0.2) is 84.9 Å². The quantitative estimate of drug-likeness (QED) is 0.111. The van der Waals surface area contributed by atoms with E-state index in [9.17, 15) is 0 Å². The van der Waals surface area contributed by atoms with Gasteiger partial charge in [-0.1, -0.05) is 127 Å². The fourth-order valence-corrected chi connectivity index (χ4v) is 9.81. The van der Waals surface area contributed by atoms with Gasteiger partial charge in [0.15, 0.2) is 0 Å². The lowest BCUT2D eigenvalue weighted by atomic mass is 9.99. The molecule has 0 aliphatic carbocycles. The first-order valence-electron chi connectivity index (χ1n) is 17.8. The van der Waals surface area contributed by atoms with Gasteiger partial charge in [0.25, 0.3) is 0 Å². The fourth-order valence-electron chi connectivity index (χ4n) is 7.43. The number of fused-ring (bicyclic) bond motifs is 6. The first kappa shape index (κ1) is 31.3. The molecule has 0 bridgehead atoms. The van der Waals surface area contributed by atoms with E-state index in [0.29, 0.717) is 11.8 Å². The Kier molecular flexibility index (Phi) is 9.38. The van der Waals surface area contributed by atoms with Crippen LogP contribution in [0.2, 0.25) is 0 Å². The summed E-state index contributed by atoms with van der Waals surface area (Å²) < 4.78 is 8.28. The van der Waals surface area contributed by atoms with Crippen molar-refractivity contribution in [3.05, 3.63) is 84.9 Å². The molecule has 0 spiro atoms. The van der Waals surface area contributed by atoms with Crippen molar-refractivity contribution in [1.29, 1.82) is 0 Å². The zero-order chi connectivity index (χ0) is 31.6. The molecular formula is C42H48N2S2. The minimum absolute atomic E-state index is 0.689. The highest BCUT2D eigenvalue weighted by molar-refractivity contribution is 7.23. The summed E-state index contributed by atoms with van der Waals surface area (Å²) in [4.78, 5) is 2.75. The average Bonchev–Trinajstić information content (AvgIpc) is 3.85. The van der Waals surface area contributed by atoms with Crippen molar-refractivity contribution >= 4 is 64.9 Å². The van der Waals surface area contributed by atoms with Crippen LogP contribution in [0.4, 0.5) is 0 Å². The van der Waals surface area contributed by atoms with Crippen molar-refractivity contribution in [3.63, 3.8) is 0 Å². The monoisotopic (exact) mass is 644 g/mol. The van der Waals surface area contributed by atoms with Crippen molar-refractivity contribution in [2.75, 3.05) is 0 Å². The molecule has 4 heterocycles. The third kappa shape index (κ3) is 5.84. The van der Waals surface area contributed by atoms with Crippen molar-refractivity contribution in [3.8, 4) is 20.9 Å². The summed E-state index contributed by atoms with van der Waals surface area (Å²) in [5, 5.41) is 2.85. The fraction of sp³-hybridized carbons (Fsp3) is 0.381. The molecule has 0 fully saturated rings. The van der Waals surface area contributed by atoms with E-state index in [-0.39, 0.29) is 0 Å². The van der Waals surface area contributed by atoms with Crippen LogP contribution in [0.3, 0.4) is 0 Å². The molecule has 3 aromatic carbocycles. The first-order valence-corrected chi connectivity index (χ1v) is 19.4. The minimum atomic E-state index is 0.689. The zero-order valence-corrected chi connectivity index (χ0v) is 29.7. The van der Waals surface area contributed by atoms with Gasteiger partial charge in [0, 0.05) is 33.6 Å². The molecule has 2 unspecified atom stereocenters. The van der Waals surface area contributed by atoms with E-state index in [0.717, 1.165) is 13.1 Å². The van der Waals surface area contributed by atoms with Crippen LogP contribution in [0.5, 0.6) is 0 Å². The maximum atomic E-state index is 2.70. The van der Waals surface area contributed by atoms with E-state index in [1.54, 1.807) is 0 Å². The molecule has 7 aromatic rings. The Morgan fingerprint density at radius 2 is 0.935 bits per heavy atom. The number of hydrogen-bond acceptors (Lipinski definition) is 2. The highest BCUT2D eigenvalue weighted by Gasteiger charge is 2.23. The maximum Gasteiger partial charge on any atom is 0.0608 e. The van der Waals surface area contributed by atoms with E-state index < -0.39 is 0 Å². The van der Waals surface area contributed by atoms with E-state index in [4.69, 9.17) is 0 Å². The summed E-state index contributed by atoms with van der Waals surface area (Å²) in [6, 6.07) is 32.0. The lowest BCUT2D eigenvalue weighted by molar-refractivity contribution is 0.400. The van der Waals surface area contributed by atoms with E-state index in [1.807, 2.05) is 22.7 Å². The molecule has 46 heavy (non-hydrogen) atoms. The lowest BCUT2D eigenvalue weighted by Crippen LogP contribution is -2.10. The molecule has 0 aliphatic rings. The predicted octanol–water partition coefficient (Wildman–Crippen LogP) is 13.8. The minimum Gasteiger partial charge on any atom is -0.339 e. The topological polar surface area (TPSA) is 9.86 Å². The third-order valence-electron chi connectivity index (χ3n) is 10.3. The summed E-state index contributed by atoms with van der Waals surface area (Å²) in [5.74, 6) is 1.38. The Balaban J connectivity index is 1.47. The van der Waals surface area contributed by atoms with Gasteiger partial charge in [0.05, 0.1) is 31.5 Å². The summed E-state index contributed by atoms with van der Waals surface area (Å²) >= 11 is 3.96. The van der Waals surface area contributed by atoms with Gasteiger partial charge in [-0.15, -0.1) is 22.7 Å². The molecule has 238 valence electrons. The number of rotatable bonds is 14. The standard InChI is InChI=1S/C42H48N2S2/c1-5-9-17-29(7-3)27-43-35-23-34-36(24-33(35)41-37(43)25-39(45-41)31-19-13-11-14-20-31)44(28-30(8-4)18-10-6-2)38-26-40(46-42(34)38)32-21-15-12-16-22-32/h11-16,19-26,29-30H,5-10,17-18,27-28H2,1-4H3. The summed E-state index contributed by atoms with van der Waals surface area (Å²) in [6.07, 6.45) is 10.2. The number of benzene rings is 3. The van der Waals surface area contributed by atoms with Crippen LogP contribution in [0.1, 0.15) is 79.1 Å². The number of unbranched alkanes of at least 4 members (excludes halogenated alkanes) is 2. The molecule has 0 N–H and O–H groups in total. The van der Waals surface area contributed by atoms with Gasteiger partial charge in [-0.3, -0.25) is 0 Å². The Hall–Kier alpha value is -3.34. The molecule has 4 heteroatoms. The van der Waals surface area contributed by atoms with E-state index in [1.165, 1.54) is 114 Å². The Labute approximate surface area is 282 Å². The van der Waals surface area contributed by atoms with Crippen LogP contribution in [0, 0.1) is 11.8 Å². The van der Waals surface area contributed by atoms with E-state index in [2.05, 4.69) is 122 Å². The van der Waals surface area contributed by atoms with Crippen LogP contribution in [-0.4, -0.2) is 9.13 Å². The van der Waals surface area contributed by atoms with Crippen LogP contribution < -0.4 is 0 Å². The molecule has 7 rings (SSSR count). The molecule has 0 saturated heterocycles. The molecule has 0 amide bonds. The van der Waals surface area contributed by atoms with Gasteiger partial charge in [-0.2, -0.15) is 0 Å². The number of hydrogen-bond donors (Lipinski definition) is 0. The number of thiophene rings is 2. The smallest absolute Gasteiger partial charge is 0.0608 e. The third-order valence-corrected chi connectivity index (χ3v) is 12.7. The van der Waals surface area contributed by atoms with Crippen molar-refractivity contribution in [2.24, 2.45) is 11.8 Å². The summed E-state index contributed by atoms with van der Waals surface area (Å²) in [6.45, 7) is 11.6. The molecule has 0 aliphatic heterocycles. The largest absolute Gasteiger partial charge is 0.339 e. The van der Waals surface area contributed by atoms with Crippen LogP contribution in [0.25, 0.3) is 63.1 Å². The highest BCUT2D eigenvalue weighted by Crippen LogP contribution is 2.46. The number of nitrogens with zero attached hydrogens (tertiary/aromatic N) is 2. The zero-order valence-electron chi connectivity index (χ0n) is 28.0. The van der Waals surface area contributed by atoms with Crippen LogP contribution in [-0.2, 0) is 13.1 Å². The molecular weight excluding hydrogens is 597 g/mol. The van der Waals surface area contributed by atoms with Gasteiger partial charge < -0.3 is 9.13 Å².